The van der Waals surface area contributed by atoms with Crippen LogP contribution in [0.15, 0.2) is 78.1 Å². The van der Waals surface area contributed by atoms with E-state index in [1.807, 2.05) is 48.5 Å². The lowest BCUT2D eigenvalue weighted by Gasteiger charge is -2.04. The molecule has 1 heterocycles. The second-order valence-electron chi connectivity index (χ2n) is 6.04. The number of rotatable bonds is 8. The van der Waals surface area contributed by atoms with Gasteiger partial charge in [-0.25, -0.2) is 4.98 Å². The fourth-order valence-corrected chi connectivity index (χ4v) is 2.81. The van der Waals surface area contributed by atoms with Crippen molar-refractivity contribution < 1.29 is 14.4 Å². The first-order valence-electron chi connectivity index (χ1n) is 8.86. The first-order chi connectivity index (χ1) is 14.1. The molecule has 1 aromatic heterocycles. The van der Waals surface area contributed by atoms with E-state index in [2.05, 4.69) is 38.0 Å². The van der Waals surface area contributed by atoms with Crippen molar-refractivity contribution >= 4 is 46.3 Å². The molecule has 3 aromatic rings. The molecule has 0 aliphatic heterocycles. The SMILES string of the molecule is O=C(CO/N=C\CC(=O)c1ccc(-c2ccccc2)cc1)Nc1ccc(I)cn1. The van der Waals surface area contributed by atoms with Gasteiger partial charge in [-0.15, -0.1) is 0 Å². The zero-order chi connectivity index (χ0) is 20.5. The lowest BCUT2D eigenvalue weighted by Crippen LogP contribution is -2.17. The normalized spacial score (nSPS) is 10.7. The zero-order valence-corrected chi connectivity index (χ0v) is 17.6. The number of carbonyl (C=O) groups excluding carboxylic acids is 2. The van der Waals surface area contributed by atoms with Gasteiger partial charge in [-0.3, -0.25) is 9.59 Å². The monoisotopic (exact) mass is 499 g/mol. The minimum atomic E-state index is -0.376. The average Bonchev–Trinajstić information content (AvgIpc) is 2.76. The number of Topliss-reactive ketones (excluding diaryl/α,β-unsaturated/α-hetero) is 1. The number of ketones is 1. The number of nitrogens with zero attached hydrogens (tertiary/aromatic N) is 2. The summed E-state index contributed by atoms with van der Waals surface area (Å²) in [5.74, 6) is -0.0136. The molecule has 1 N–H and O–H groups in total. The van der Waals surface area contributed by atoms with Crippen LogP contribution in [-0.4, -0.2) is 29.5 Å². The van der Waals surface area contributed by atoms with Gasteiger partial charge < -0.3 is 10.2 Å². The molecule has 0 aliphatic carbocycles. The molecular weight excluding hydrogens is 481 g/mol. The summed E-state index contributed by atoms with van der Waals surface area (Å²) in [6.45, 7) is -0.260. The Morgan fingerprint density at radius 2 is 1.72 bits per heavy atom. The summed E-state index contributed by atoms with van der Waals surface area (Å²) < 4.78 is 0.973. The molecule has 6 nitrogen and oxygen atoms in total. The van der Waals surface area contributed by atoms with Gasteiger partial charge in [0.2, 0.25) is 0 Å². The molecule has 3 rings (SSSR count). The Morgan fingerprint density at radius 3 is 2.41 bits per heavy atom. The predicted molar refractivity (Wildman–Crippen MR) is 121 cm³/mol. The van der Waals surface area contributed by atoms with Crippen LogP contribution >= 0.6 is 22.6 Å². The first-order valence-corrected chi connectivity index (χ1v) is 9.93. The molecule has 0 aliphatic rings. The molecule has 7 heteroatoms. The van der Waals surface area contributed by atoms with E-state index in [-0.39, 0.29) is 24.7 Å². The van der Waals surface area contributed by atoms with E-state index >= 15 is 0 Å². The zero-order valence-electron chi connectivity index (χ0n) is 15.4. The molecular formula is C22H18IN3O3. The second-order valence-corrected chi connectivity index (χ2v) is 7.29. The quantitative estimate of drug-likeness (QED) is 0.213. The molecule has 1 amide bonds. The van der Waals surface area contributed by atoms with Gasteiger partial charge in [0.25, 0.3) is 5.91 Å². The summed E-state index contributed by atoms with van der Waals surface area (Å²) in [7, 11) is 0. The third-order valence-electron chi connectivity index (χ3n) is 3.93. The van der Waals surface area contributed by atoms with E-state index in [1.165, 1.54) is 6.21 Å². The van der Waals surface area contributed by atoms with Crippen molar-refractivity contribution in [2.24, 2.45) is 5.16 Å². The summed E-state index contributed by atoms with van der Waals surface area (Å²) in [4.78, 5) is 33.0. The molecule has 0 unspecified atom stereocenters. The Morgan fingerprint density at radius 1 is 1.00 bits per heavy atom. The minimum Gasteiger partial charge on any atom is -0.386 e. The van der Waals surface area contributed by atoms with Crippen molar-refractivity contribution in [3.8, 4) is 11.1 Å². The highest BCUT2D eigenvalue weighted by atomic mass is 127. The number of benzene rings is 2. The predicted octanol–water partition coefficient (Wildman–Crippen LogP) is 4.57. The van der Waals surface area contributed by atoms with E-state index in [0.717, 1.165) is 14.7 Å². The van der Waals surface area contributed by atoms with Crippen LogP contribution in [0.4, 0.5) is 5.82 Å². The van der Waals surface area contributed by atoms with Crippen LogP contribution < -0.4 is 5.32 Å². The van der Waals surface area contributed by atoms with Crippen LogP contribution in [0.25, 0.3) is 11.1 Å². The van der Waals surface area contributed by atoms with Crippen molar-refractivity contribution in [2.75, 3.05) is 11.9 Å². The number of anilines is 1. The molecule has 29 heavy (non-hydrogen) atoms. The number of hydrogen-bond acceptors (Lipinski definition) is 5. The summed E-state index contributed by atoms with van der Waals surface area (Å²) in [5.41, 5.74) is 2.74. The van der Waals surface area contributed by atoms with Crippen molar-refractivity contribution in [2.45, 2.75) is 6.42 Å². The van der Waals surface area contributed by atoms with Crippen LogP contribution in [0.1, 0.15) is 16.8 Å². The highest BCUT2D eigenvalue weighted by molar-refractivity contribution is 14.1. The third-order valence-corrected chi connectivity index (χ3v) is 4.57. The Bertz CT molecular complexity index is 988. The maximum absolute atomic E-state index is 12.2. The highest BCUT2D eigenvalue weighted by Gasteiger charge is 2.06. The molecule has 146 valence electrons. The number of halogens is 1. The number of aromatic nitrogens is 1. The van der Waals surface area contributed by atoms with Gasteiger partial charge in [-0.1, -0.05) is 59.8 Å². The number of amides is 1. The summed E-state index contributed by atoms with van der Waals surface area (Å²) >= 11 is 2.13. The van der Waals surface area contributed by atoms with Crippen molar-refractivity contribution in [1.29, 1.82) is 0 Å². The Hall–Kier alpha value is -3.07. The summed E-state index contributed by atoms with van der Waals surface area (Å²) in [6, 6.07) is 20.9. The number of pyridine rings is 1. The van der Waals surface area contributed by atoms with Gasteiger partial charge >= 0.3 is 0 Å². The van der Waals surface area contributed by atoms with Gasteiger partial charge in [0, 0.05) is 21.8 Å². The Kier molecular flexibility index (Phi) is 7.46. The lowest BCUT2D eigenvalue weighted by atomic mass is 10.0. The van der Waals surface area contributed by atoms with Gasteiger partial charge in [0.05, 0.1) is 6.21 Å². The molecule has 0 radical (unpaired) electrons. The summed E-state index contributed by atoms with van der Waals surface area (Å²) in [6.07, 6.45) is 3.09. The molecule has 0 saturated heterocycles. The van der Waals surface area contributed by atoms with E-state index < -0.39 is 0 Å². The molecule has 0 fully saturated rings. The van der Waals surface area contributed by atoms with Crippen LogP contribution in [0.3, 0.4) is 0 Å². The molecule has 0 spiro atoms. The molecule has 0 saturated carbocycles. The van der Waals surface area contributed by atoms with Crippen molar-refractivity contribution in [3.63, 3.8) is 0 Å². The van der Waals surface area contributed by atoms with Gasteiger partial charge in [0.15, 0.2) is 12.4 Å². The minimum absolute atomic E-state index is 0.0792. The van der Waals surface area contributed by atoms with Crippen molar-refractivity contribution in [1.82, 2.24) is 4.98 Å². The largest absolute Gasteiger partial charge is 0.386 e. The summed E-state index contributed by atoms with van der Waals surface area (Å²) in [5, 5.41) is 6.26. The number of hydrogen-bond donors (Lipinski definition) is 1. The van der Waals surface area contributed by atoms with E-state index in [9.17, 15) is 9.59 Å². The Labute approximate surface area is 182 Å². The van der Waals surface area contributed by atoms with Crippen LogP contribution in [0.2, 0.25) is 0 Å². The molecule has 2 aromatic carbocycles. The maximum atomic E-state index is 12.2. The van der Waals surface area contributed by atoms with Crippen LogP contribution in [0, 0.1) is 3.57 Å². The standard InChI is InChI=1S/C22H18IN3O3/c23-19-10-11-21(24-14-19)26-22(28)15-29-25-13-12-20(27)18-8-6-17(7-9-18)16-4-2-1-3-5-16/h1-11,13-14H,12,15H2,(H,24,26,28)/b25-13-. The van der Waals surface area contributed by atoms with E-state index in [0.29, 0.717) is 11.4 Å². The maximum Gasteiger partial charge on any atom is 0.266 e. The van der Waals surface area contributed by atoms with Gasteiger partial charge in [0.1, 0.15) is 5.82 Å². The second kappa shape index (κ2) is 10.5. The fraction of sp³-hybridized carbons (Fsp3) is 0.0909. The molecule has 0 atom stereocenters. The smallest absolute Gasteiger partial charge is 0.266 e. The van der Waals surface area contributed by atoms with E-state index in [1.54, 1.807) is 24.4 Å². The van der Waals surface area contributed by atoms with Gasteiger partial charge in [-0.2, -0.15) is 0 Å². The van der Waals surface area contributed by atoms with Crippen LogP contribution in [0.5, 0.6) is 0 Å². The van der Waals surface area contributed by atoms with Crippen molar-refractivity contribution in [3.05, 3.63) is 82.1 Å². The lowest BCUT2D eigenvalue weighted by molar-refractivity contribution is -0.120. The molecule has 0 bridgehead atoms. The topological polar surface area (TPSA) is 80.6 Å². The Balaban J connectivity index is 1.42. The third kappa shape index (κ3) is 6.49. The van der Waals surface area contributed by atoms with Crippen LogP contribution in [-0.2, 0) is 9.63 Å². The number of oxime groups is 1. The fourth-order valence-electron chi connectivity index (χ4n) is 2.49. The van der Waals surface area contributed by atoms with E-state index in [4.69, 9.17) is 4.84 Å². The number of nitrogens with one attached hydrogen (secondary N) is 1. The number of carbonyl (C=O) groups is 2. The average molecular weight is 499 g/mol. The van der Waals surface area contributed by atoms with Gasteiger partial charge in [-0.05, 0) is 45.9 Å². The highest BCUT2D eigenvalue weighted by Crippen LogP contribution is 2.19. The first kappa shape index (κ1) is 20.7.